The number of nitrogens with one attached hydrogen (secondary N) is 1. The molecule has 1 N–H and O–H groups in total. The third-order valence-electron chi connectivity index (χ3n) is 3.03. The van der Waals surface area contributed by atoms with Crippen molar-refractivity contribution in [3.05, 3.63) is 45.4 Å². The molecule has 0 fully saturated rings. The fourth-order valence-electron chi connectivity index (χ4n) is 2.04. The van der Waals surface area contributed by atoms with E-state index in [0.29, 0.717) is 17.9 Å². The van der Waals surface area contributed by atoms with E-state index < -0.39 is 10.0 Å². The van der Waals surface area contributed by atoms with Crippen LogP contribution >= 0.6 is 11.3 Å². The highest BCUT2D eigenvalue weighted by atomic mass is 32.2. The number of benzene rings is 1. The Bertz CT molecular complexity index is 706. The van der Waals surface area contributed by atoms with Crippen molar-refractivity contribution in [2.45, 2.75) is 32.1 Å². The van der Waals surface area contributed by atoms with Crippen molar-refractivity contribution in [2.24, 2.45) is 0 Å². The molecule has 0 saturated carbocycles. The van der Waals surface area contributed by atoms with Crippen LogP contribution in [0.5, 0.6) is 0 Å². The van der Waals surface area contributed by atoms with Crippen molar-refractivity contribution in [1.29, 1.82) is 0 Å². The molecule has 0 amide bonds. The second-order valence-corrected chi connectivity index (χ2v) is 7.68. The molecular formula is C14H18N2O2S2. The van der Waals surface area contributed by atoms with Crippen LogP contribution in [-0.2, 0) is 16.4 Å². The predicted molar refractivity (Wildman–Crippen MR) is 81.7 cm³/mol. The SMILES string of the molecule is Cc1nc(C)c(CCNS(=O)(=O)c2ccccc2C)s1. The zero-order valence-corrected chi connectivity index (χ0v) is 13.4. The molecular weight excluding hydrogens is 292 g/mol. The maximum Gasteiger partial charge on any atom is 0.240 e. The van der Waals surface area contributed by atoms with E-state index in [1.807, 2.05) is 19.9 Å². The van der Waals surface area contributed by atoms with Crippen molar-refractivity contribution >= 4 is 21.4 Å². The van der Waals surface area contributed by atoms with Gasteiger partial charge in [-0.3, -0.25) is 0 Å². The lowest BCUT2D eigenvalue weighted by atomic mass is 10.2. The molecule has 0 bridgehead atoms. The summed E-state index contributed by atoms with van der Waals surface area (Å²) in [4.78, 5) is 5.82. The molecule has 1 aromatic heterocycles. The number of hydrogen-bond donors (Lipinski definition) is 1. The minimum atomic E-state index is -3.43. The average Bonchev–Trinajstić information content (AvgIpc) is 2.68. The van der Waals surface area contributed by atoms with Gasteiger partial charge in [0.25, 0.3) is 0 Å². The van der Waals surface area contributed by atoms with Crippen LogP contribution in [0.4, 0.5) is 0 Å². The highest BCUT2D eigenvalue weighted by molar-refractivity contribution is 7.89. The van der Waals surface area contributed by atoms with E-state index in [4.69, 9.17) is 0 Å². The number of nitrogens with zero attached hydrogens (tertiary/aromatic N) is 1. The highest BCUT2D eigenvalue weighted by Crippen LogP contribution is 2.18. The van der Waals surface area contributed by atoms with Gasteiger partial charge in [-0.25, -0.2) is 18.1 Å². The topological polar surface area (TPSA) is 59.1 Å². The Labute approximate surface area is 123 Å². The van der Waals surface area contributed by atoms with Crippen LogP contribution in [0.15, 0.2) is 29.2 Å². The van der Waals surface area contributed by atoms with Gasteiger partial charge in [0, 0.05) is 11.4 Å². The lowest BCUT2D eigenvalue weighted by molar-refractivity contribution is 0.581. The van der Waals surface area contributed by atoms with Crippen LogP contribution < -0.4 is 4.72 Å². The predicted octanol–water partition coefficient (Wildman–Crippen LogP) is 2.59. The summed E-state index contributed by atoms with van der Waals surface area (Å²) in [5, 5.41) is 1.01. The molecule has 2 aromatic rings. The molecule has 0 atom stereocenters. The monoisotopic (exact) mass is 310 g/mol. The van der Waals surface area contributed by atoms with E-state index in [1.165, 1.54) is 0 Å². The van der Waals surface area contributed by atoms with E-state index in [-0.39, 0.29) is 0 Å². The van der Waals surface area contributed by atoms with Gasteiger partial charge >= 0.3 is 0 Å². The largest absolute Gasteiger partial charge is 0.247 e. The maximum absolute atomic E-state index is 12.2. The highest BCUT2D eigenvalue weighted by Gasteiger charge is 2.15. The summed E-state index contributed by atoms with van der Waals surface area (Å²) in [5.74, 6) is 0. The summed E-state index contributed by atoms with van der Waals surface area (Å²) < 4.78 is 27.1. The first-order chi connectivity index (χ1) is 9.40. The minimum Gasteiger partial charge on any atom is -0.247 e. The molecule has 108 valence electrons. The lowest BCUT2D eigenvalue weighted by Crippen LogP contribution is -2.26. The molecule has 0 aliphatic heterocycles. The Balaban J connectivity index is 2.04. The number of thiazole rings is 1. The number of aromatic nitrogens is 1. The smallest absolute Gasteiger partial charge is 0.240 e. The van der Waals surface area contributed by atoms with E-state index in [9.17, 15) is 8.42 Å². The standard InChI is InChI=1S/C14H18N2O2S2/c1-10-6-4-5-7-14(10)20(17,18)15-9-8-13-11(2)16-12(3)19-13/h4-7,15H,8-9H2,1-3H3. The molecule has 4 nitrogen and oxygen atoms in total. The Morgan fingerprint density at radius 1 is 1.20 bits per heavy atom. The van der Waals surface area contributed by atoms with Crippen molar-refractivity contribution in [2.75, 3.05) is 6.54 Å². The molecule has 0 aliphatic carbocycles. The third kappa shape index (κ3) is 3.45. The maximum atomic E-state index is 12.2. The molecule has 0 radical (unpaired) electrons. The summed E-state index contributed by atoms with van der Waals surface area (Å²) in [6, 6.07) is 6.99. The van der Waals surface area contributed by atoms with Crippen LogP contribution in [-0.4, -0.2) is 19.9 Å². The zero-order valence-electron chi connectivity index (χ0n) is 11.8. The van der Waals surface area contributed by atoms with Gasteiger partial charge in [0.1, 0.15) is 0 Å². The van der Waals surface area contributed by atoms with Gasteiger partial charge in [0.15, 0.2) is 0 Å². The normalized spacial score (nSPS) is 11.8. The van der Waals surface area contributed by atoms with E-state index in [0.717, 1.165) is 21.1 Å². The molecule has 1 aromatic carbocycles. The molecule has 2 rings (SSSR count). The van der Waals surface area contributed by atoms with Crippen LogP contribution in [0, 0.1) is 20.8 Å². The van der Waals surface area contributed by atoms with Gasteiger partial charge in [0.05, 0.1) is 15.6 Å². The third-order valence-corrected chi connectivity index (χ3v) is 5.78. The van der Waals surface area contributed by atoms with Gasteiger partial charge in [-0.2, -0.15) is 0 Å². The van der Waals surface area contributed by atoms with Crippen LogP contribution in [0.2, 0.25) is 0 Å². The second-order valence-electron chi connectivity index (χ2n) is 4.65. The lowest BCUT2D eigenvalue weighted by Gasteiger charge is -2.08. The number of rotatable bonds is 5. The van der Waals surface area contributed by atoms with Gasteiger partial charge in [0.2, 0.25) is 10.0 Å². The Hall–Kier alpha value is -1.24. The quantitative estimate of drug-likeness (QED) is 0.923. The molecule has 0 saturated heterocycles. The molecule has 6 heteroatoms. The van der Waals surface area contributed by atoms with Gasteiger partial charge < -0.3 is 0 Å². The van der Waals surface area contributed by atoms with Gasteiger partial charge in [-0.05, 0) is 38.8 Å². The van der Waals surface area contributed by atoms with Crippen molar-refractivity contribution in [3.63, 3.8) is 0 Å². The van der Waals surface area contributed by atoms with Crippen molar-refractivity contribution in [1.82, 2.24) is 9.71 Å². The summed E-state index contributed by atoms with van der Waals surface area (Å²) in [6.07, 6.45) is 0.669. The average molecular weight is 310 g/mol. The van der Waals surface area contributed by atoms with E-state index in [1.54, 1.807) is 36.5 Å². The van der Waals surface area contributed by atoms with Crippen LogP contribution in [0.25, 0.3) is 0 Å². The Kier molecular flexibility index (Phi) is 4.57. The molecule has 1 heterocycles. The zero-order chi connectivity index (χ0) is 14.8. The number of hydrogen-bond acceptors (Lipinski definition) is 4. The van der Waals surface area contributed by atoms with Crippen LogP contribution in [0.3, 0.4) is 0 Å². The van der Waals surface area contributed by atoms with Crippen LogP contribution in [0.1, 0.15) is 21.1 Å². The molecule has 0 spiro atoms. The summed E-state index contributed by atoms with van der Waals surface area (Å²) >= 11 is 1.62. The minimum absolute atomic E-state index is 0.345. The fourth-order valence-corrected chi connectivity index (χ4v) is 4.25. The van der Waals surface area contributed by atoms with E-state index >= 15 is 0 Å². The number of aryl methyl sites for hydroxylation is 3. The summed E-state index contributed by atoms with van der Waals surface area (Å²) in [6.45, 7) is 6.09. The molecule has 0 aliphatic rings. The summed E-state index contributed by atoms with van der Waals surface area (Å²) in [7, 11) is -3.43. The first kappa shape index (κ1) is 15.2. The molecule has 0 unspecified atom stereocenters. The van der Waals surface area contributed by atoms with Crippen molar-refractivity contribution in [3.8, 4) is 0 Å². The Morgan fingerprint density at radius 2 is 1.90 bits per heavy atom. The first-order valence-corrected chi connectivity index (χ1v) is 8.68. The first-order valence-electron chi connectivity index (χ1n) is 6.38. The summed E-state index contributed by atoms with van der Waals surface area (Å²) in [5.41, 5.74) is 1.74. The Morgan fingerprint density at radius 3 is 2.50 bits per heavy atom. The van der Waals surface area contributed by atoms with Gasteiger partial charge in [-0.1, -0.05) is 18.2 Å². The molecule has 20 heavy (non-hydrogen) atoms. The second kappa shape index (κ2) is 6.03. The van der Waals surface area contributed by atoms with E-state index in [2.05, 4.69) is 9.71 Å². The van der Waals surface area contributed by atoms with Gasteiger partial charge in [-0.15, -0.1) is 11.3 Å². The number of sulfonamides is 1. The fraction of sp³-hybridized carbons (Fsp3) is 0.357. The van der Waals surface area contributed by atoms with Crippen molar-refractivity contribution < 1.29 is 8.42 Å².